The van der Waals surface area contributed by atoms with Crippen LogP contribution in [0.25, 0.3) is 5.69 Å². The first kappa shape index (κ1) is 20.7. The molecule has 1 aliphatic rings. The van der Waals surface area contributed by atoms with E-state index in [0.717, 1.165) is 24.3 Å². The first-order chi connectivity index (χ1) is 15.1. The summed E-state index contributed by atoms with van der Waals surface area (Å²) < 4.78 is 15.9. The van der Waals surface area contributed by atoms with Gasteiger partial charge in [-0.3, -0.25) is 9.69 Å². The molecule has 0 bridgehead atoms. The lowest BCUT2D eigenvalue weighted by Gasteiger charge is -2.35. The second-order valence-electron chi connectivity index (χ2n) is 7.55. The first-order valence-electron chi connectivity index (χ1n) is 10.3. The number of halogens is 1. The van der Waals surface area contributed by atoms with Crippen LogP contribution in [0.4, 0.5) is 4.39 Å². The Bertz CT molecular complexity index is 1070. The van der Waals surface area contributed by atoms with Crippen LogP contribution in [0, 0.1) is 17.1 Å². The van der Waals surface area contributed by atoms with Crippen molar-refractivity contribution >= 4 is 5.91 Å². The van der Waals surface area contributed by atoms with Crippen molar-refractivity contribution in [2.24, 2.45) is 0 Å². The minimum absolute atomic E-state index is 0.0854. The van der Waals surface area contributed by atoms with Crippen LogP contribution in [0.3, 0.4) is 0 Å². The Hall–Kier alpha value is -3.57. The summed E-state index contributed by atoms with van der Waals surface area (Å²) in [6, 6.07) is 14.5. The van der Waals surface area contributed by atoms with Crippen LogP contribution in [0.1, 0.15) is 16.7 Å². The molecule has 8 heteroatoms. The number of aromatic nitrogens is 3. The van der Waals surface area contributed by atoms with Gasteiger partial charge in [0.05, 0.1) is 17.7 Å². The van der Waals surface area contributed by atoms with E-state index in [2.05, 4.69) is 15.0 Å². The summed E-state index contributed by atoms with van der Waals surface area (Å²) in [4.78, 5) is 20.7. The van der Waals surface area contributed by atoms with Gasteiger partial charge in [-0.15, -0.1) is 0 Å². The predicted octanol–water partition coefficient (Wildman–Crippen LogP) is 2.21. The molecule has 1 aromatic heterocycles. The fourth-order valence-corrected chi connectivity index (χ4v) is 3.75. The average molecular weight is 418 g/mol. The van der Waals surface area contributed by atoms with Gasteiger partial charge in [-0.05, 0) is 35.7 Å². The van der Waals surface area contributed by atoms with Gasteiger partial charge in [-0.25, -0.2) is 14.1 Å². The largest absolute Gasteiger partial charge is 0.340 e. The molecule has 158 valence electrons. The van der Waals surface area contributed by atoms with E-state index in [0.29, 0.717) is 38.0 Å². The summed E-state index contributed by atoms with van der Waals surface area (Å²) >= 11 is 0. The molecule has 0 atom stereocenters. The number of rotatable bonds is 6. The molecule has 4 rings (SSSR count). The lowest BCUT2D eigenvalue weighted by atomic mass is 10.1. The highest BCUT2D eigenvalue weighted by molar-refractivity contribution is 5.79. The zero-order valence-corrected chi connectivity index (χ0v) is 17.1. The number of carbonyl (C=O) groups is 1. The molecular formula is C23H23FN6O. The number of nitrogens with zero attached hydrogens (tertiary/aromatic N) is 6. The molecule has 0 aliphatic carbocycles. The predicted molar refractivity (Wildman–Crippen MR) is 113 cm³/mol. The Morgan fingerprint density at radius 1 is 1.10 bits per heavy atom. The molecule has 2 heterocycles. The normalized spacial score (nSPS) is 14.4. The lowest BCUT2D eigenvalue weighted by molar-refractivity contribution is -0.132. The summed E-state index contributed by atoms with van der Waals surface area (Å²) in [6.45, 7) is 3.55. The van der Waals surface area contributed by atoms with E-state index < -0.39 is 5.82 Å². The number of hydrogen-bond donors (Lipinski definition) is 0. The van der Waals surface area contributed by atoms with E-state index in [4.69, 9.17) is 5.26 Å². The van der Waals surface area contributed by atoms with Crippen molar-refractivity contribution in [3.05, 3.63) is 77.6 Å². The minimum Gasteiger partial charge on any atom is -0.340 e. The van der Waals surface area contributed by atoms with Crippen molar-refractivity contribution in [3.63, 3.8) is 0 Å². The van der Waals surface area contributed by atoms with Crippen LogP contribution in [0.15, 0.2) is 55.1 Å². The Kier molecular flexibility index (Phi) is 6.34. The molecular weight excluding hydrogens is 395 g/mol. The molecule has 1 amide bonds. The summed E-state index contributed by atoms with van der Waals surface area (Å²) in [5, 5.41) is 13.1. The van der Waals surface area contributed by atoms with Crippen LogP contribution in [0.2, 0.25) is 0 Å². The Balaban J connectivity index is 1.25. The average Bonchev–Trinajstić information content (AvgIpc) is 3.34. The third-order valence-electron chi connectivity index (χ3n) is 5.60. The molecule has 3 aromatic rings. The Labute approximate surface area is 180 Å². The van der Waals surface area contributed by atoms with E-state index in [1.165, 1.54) is 12.4 Å². The number of carbonyl (C=O) groups excluding carboxylic acids is 1. The molecule has 0 N–H and O–H groups in total. The number of benzene rings is 2. The lowest BCUT2D eigenvalue weighted by Crippen LogP contribution is -2.49. The number of amides is 1. The van der Waals surface area contributed by atoms with Gasteiger partial charge < -0.3 is 4.90 Å². The number of piperazine rings is 1. The van der Waals surface area contributed by atoms with Crippen molar-refractivity contribution in [2.45, 2.75) is 12.8 Å². The van der Waals surface area contributed by atoms with E-state index in [1.807, 2.05) is 35.2 Å². The second-order valence-corrected chi connectivity index (χ2v) is 7.55. The smallest absolute Gasteiger partial charge is 0.227 e. The van der Waals surface area contributed by atoms with Gasteiger partial charge in [0, 0.05) is 32.7 Å². The van der Waals surface area contributed by atoms with Crippen molar-refractivity contribution in [1.29, 1.82) is 5.26 Å². The molecule has 1 aliphatic heterocycles. The zero-order valence-electron chi connectivity index (χ0n) is 17.1. The summed E-state index contributed by atoms with van der Waals surface area (Å²) in [5.41, 5.74) is 2.51. The van der Waals surface area contributed by atoms with E-state index in [-0.39, 0.29) is 11.5 Å². The van der Waals surface area contributed by atoms with E-state index >= 15 is 0 Å². The van der Waals surface area contributed by atoms with Gasteiger partial charge in [-0.2, -0.15) is 10.4 Å². The molecule has 1 fully saturated rings. The first-order valence-corrected chi connectivity index (χ1v) is 10.3. The second kappa shape index (κ2) is 9.49. The van der Waals surface area contributed by atoms with Gasteiger partial charge >= 0.3 is 0 Å². The molecule has 0 spiro atoms. The van der Waals surface area contributed by atoms with Gasteiger partial charge in [0.2, 0.25) is 5.91 Å². The van der Waals surface area contributed by atoms with Crippen LogP contribution < -0.4 is 0 Å². The molecule has 0 saturated carbocycles. The summed E-state index contributed by atoms with van der Waals surface area (Å²) in [7, 11) is 0. The molecule has 31 heavy (non-hydrogen) atoms. The monoisotopic (exact) mass is 418 g/mol. The van der Waals surface area contributed by atoms with Crippen LogP contribution in [-0.4, -0.2) is 63.2 Å². The Morgan fingerprint density at radius 2 is 1.87 bits per heavy atom. The highest BCUT2D eigenvalue weighted by atomic mass is 19.1. The topological polar surface area (TPSA) is 78.0 Å². The van der Waals surface area contributed by atoms with E-state index in [1.54, 1.807) is 23.1 Å². The fraction of sp³-hybridized carbons (Fsp3) is 0.304. The van der Waals surface area contributed by atoms with Crippen molar-refractivity contribution < 1.29 is 9.18 Å². The number of hydrogen-bond acceptors (Lipinski definition) is 5. The Morgan fingerprint density at radius 3 is 2.55 bits per heavy atom. The molecule has 7 nitrogen and oxygen atoms in total. The maximum absolute atomic E-state index is 14.2. The standard InChI is InChI=1S/C23H23FN6O/c24-23-19(2-1-3-20(23)15-25)8-9-28-10-12-29(13-11-28)22(31)14-18-4-6-21(7-5-18)30-17-26-16-27-30/h1-7,16-17H,8-14H2. The van der Waals surface area contributed by atoms with Crippen LogP contribution in [0.5, 0.6) is 0 Å². The van der Waals surface area contributed by atoms with Crippen LogP contribution >= 0.6 is 0 Å². The van der Waals surface area contributed by atoms with Crippen LogP contribution in [-0.2, 0) is 17.6 Å². The minimum atomic E-state index is -0.423. The third kappa shape index (κ3) is 4.95. The maximum atomic E-state index is 14.2. The highest BCUT2D eigenvalue weighted by Gasteiger charge is 2.21. The molecule has 2 aromatic carbocycles. The van der Waals surface area contributed by atoms with Gasteiger partial charge in [-0.1, -0.05) is 24.3 Å². The quantitative estimate of drug-likeness (QED) is 0.613. The number of nitriles is 1. The van der Waals surface area contributed by atoms with Crippen molar-refractivity contribution in [3.8, 4) is 11.8 Å². The van der Waals surface area contributed by atoms with Gasteiger partial charge in [0.25, 0.3) is 0 Å². The van der Waals surface area contributed by atoms with Gasteiger partial charge in [0.15, 0.2) is 0 Å². The molecule has 0 radical (unpaired) electrons. The molecule has 0 unspecified atom stereocenters. The SMILES string of the molecule is N#Cc1cccc(CCN2CCN(C(=O)Cc3ccc(-n4cncn4)cc3)CC2)c1F. The zero-order chi connectivity index (χ0) is 21.6. The summed E-state index contributed by atoms with van der Waals surface area (Å²) in [5.74, 6) is -0.311. The van der Waals surface area contributed by atoms with Crippen molar-refractivity contribution in [1.82, 2.24) is 24.6 Å². The fourth-order valence-electron chi connectivity index (χ4n) is 3.75. The summed E-state index contributed by atoms with van der Waals surface area (Å²) in [6.07, 6.45) is 4.03. The van der Waals surface area contributed by atoms with Crippen molar-refractivity contribution in [2.75, 3.05) is 32.7 Å². The highest BCUT2D eigenvalue weighted by Crippen LogP contribution is 2.15. The van der Waals surface area contributed by atoms with Gasteiger partial charge in [0.1, 0.15) is 24.5 Å². The third-order valence-corrected chi connectivity index (χ3v) is 5.60. The molecule has 1 saturated heterocycles. The maximum Gasteiger partial charge on any atom is 0.227 e. The van der Waals surface area contributed by atoms with E-state index in [9.17, 15) is 9.18 Å².